The first kappa shape index (κ1) is 18.9. The molecule has 0 atom stereocenters. The number of carboxylic acid groups (broad SMARTS) is 2. The van der Waals surface area contributed by atoms with Crippen LogP contribution in [0.5, 0.6) is 5.88 Å². The molecule has 2 aliphatic rings. The van der Waals surface area contributed by atoms with Gasteiger partial charge in [0.1, 0.15) is 0 Å². The molecule has 3 rings (SSSR count). The zero-order chi connectivity index (χ0) is 18.4. The molecule has 0 saturated carbocycles. The lowest BCUT2D eigenvalue weighted by Gasteiger charge is -2.28. The number of carbonyl (C=O) groups is 2. The Hall–Kier alpha value is -2.42. The quantitative estimate of drug-likeness (QED) is 0.659. The van der Waals surface area contributed by atoms with Crippen molar-refractivity contribution in [3.63, 3.8) is 0 Å². The van der Waals surface area contributed by atoms with Crippen molar-refractivity contribution in [3.05, 3.63) is 11.3 Å². The van der Waals surface area contributed by atoms with Crippen LogP contribution in [0, 0.1) is 0 Å². The summed E-state index contributed by atoms with van der Waals surface area (Å²) in [6, 6.07) is 0. The maximum absolute atomic E-state index is 9.10. The second-order valence-electron chi connectivity index (χ2n) is 6.12. The Morgan fingerprint density at radius 3 is 2.32 bits per heavy atom. The smallest absolute Gasteiger partial charge is 0.414 e. The van der Waals surface area contributed by atoms with Gasteiger partial charge < -0.3 is 25.2 Å². The minimum Gasteiger partial charge on any atom is -0.475 e. The van der Waals surface area contributed by atoms with E-state index in [1.165, 1.54) is 17.7 Å². The summed E-state index contributed by atoms with van der Waals surface area (Å²) in [5.74, 6) is -1.99. The van der Waals surface area contributed by atoms with Gasteiger partial charge in [-0.05, 0) is 33.1 Å². The van der Waals surface area contributed by atoms with E-state index < -0.39 is 11.9 Å². The summed E-state index contributed by atoms with van der Waals surface area (Å²) >= 11 is 0. The van der Waals surface area contributed by atoms with Gasteiger partial charge in [-0.2, -0.15) is 4.98 Å². The van der Waals surface area contributed by atoms with Crippen LogP contribution in [0.4, 0.5) is 5.95 Å². The minimum atomic E-state index is -1.82. The molecule has 0 aromatic carbocycles. The number of hydrogen-bond acceptors (Lipinski definition) is 7. The number of rotatable bonds is 3. The first-order valence-electron chi connectivity index (χ1n) is 8.36. The van der Waals surface area contributed by atoms with Crippen LogP contribution in [0.15, 0.2) is 0 Å². The van der Waals surface area contributed by atoms with Gasteiger partial charge in [0.25, 0.3) is 0 Å². The zero-order valence-corrected chi connectivity index (χ0v) is 14.5. The van der Waals surface area contributed by atoms with E-state index in [2.05, 4.69) is 15.2 Å². The number of nitrogens with one attached hydrogen (secondary N) is 1. The molecule has 2 heterocycles. The molecule has 0 unspecified atom stereocenters. The molecule has 1 saturated heterocycles. The van der Waals surface area contributed by atoms with Crippen molar-refractivity contribution in [3.8, 4) is 5.88 Å². The van der Waals surface area contributed by atoms with Crippen LogP contribution in [0.3, 0.4) is 0 Å². The molecule has 0 amide bonds. The number of aliphatic carboxylic acids is 2. The summed E-state index contributed by atoms with van der Waals surface area (Å²) in [6.07, 6.45) is 3.45. The summed E-state index contributed by atoms with van der Waals surface area (Å²) in [5.41, 5.74) is 2.42. The second-order valence-corrected chi connectivity index (χ2v) is 6.12. The SMILES string of the molecule is CC(C)Oc1nc(N2CCNCC2)nc2c1CCC2.O=C(O)C(=O)O. The number of piperazine rings is 1. The van der Waals surface area contributed by atoms with Crippen molar-refractivity contribution < 1.29 is 24.5 Å². The highest BCUT2D eigenvalue weighted by Crippen LogP contribution is 2.30. The van der Waals surface area contributed by atoms with Crippen LogP contribution < -0.4 is 15.0 Å². The number of aromatic nitrogens is 2. The molecule has 1 aromatic heterocycles. The van der Waals surface area contributed by atoms with Crippen molar-refractivity contribution in [2.45, 2.75) is 39.2 Å². The van der Waals surface area contributed by atoms with E-state index in [1.54, 1.807) is 0 Å². The van der Waals surface area contributed by atoms with Crippen LogP contribution in [0.25, 0.3) is 0 Å². The van der Waals surface area contributed by atoms with Crippen LogP contribution >= 0.6 is 0 Å². The van der Waals surface area contributed by atoms with Gasteiger partial charge in [0.15, 0.2) is 0 Å². The third kappa shape index (κ3) is 5.28. The average Bonchev–Trinajstić information content (AvgIpc) is 3.04. The Labute approximate surface area is 146 Å². The van der Waals surface area contributed by atoms with Crippen LogP contribution in [-0.4, -0.2) is 64.4 Å². The molecule has 1 aromatic rings. The Morgan fingerprint density at radius 2 is 1.76 bits per heavy atom. The lowest BCUT2D eigenvalue weighted by molar-refractivity contribution is -0.159. The molecule has 3 N–H and O–H groups in total. The van der Waals surface area contributed by atoms with Crippen molar-refractivity contribution in [1.82, 2.24) is 15.3 Å². The molecule has 1 fully saturated rings. The van der Waals surface area contributed by atoms with Gasteiger partial charge in [0, 0.05) is 31.7 Å². The lowest BCUT2D eigenvalue weighted by Crippen LogP contribution is -2.44. The number of aryl methyl sites for hydroxylation is 1. The van der Waals surface area contributed by atoms with Gasteiger partial charge in [-0.1, -0.05) is 0 Å². The molecule has 9 heteroatoms. The van der Waals surface area contributed by atoms with E-state index in [9.17, 15) is 0 Å². The molecule has 138 valence electrons. The number of nitrogens with zero attached hydrogens (tertiary/aromatic N) is 3. The van der Waals surface area contributed by atoms with Gasteiger partial charge in [0.2, 0.25) is 11.8 Å². The fraction of sp³-hybridized carbons (Fsp3) is 0.625. The fourth-order valence-electron chi connectivity index (χ4n) is 2.71. The largest absolute Gasteiger partial charge is 0.475 e. The molecule has 0 bridgehead atoms. The van der Waals surface area contributed by atoms with Gasteiger partial charge in [-0.3, -0.25) is 0 Å². The molecule has 25 heavy (non-hydrogen) atoms. The normalized spacial score (nSPS) is 16.0. The Morgan fingerprint density at radius 1 is 1.12 bits per heavy atom. The monoisotopic (exact) mass is 352 g/mol. The van der Waals surface area contributed by atoms with Gasteiger partial charge >= 0.3 is 11.9 Å². The van der Waals surface area contributed by atoms with E-state index in [1.807, 2.05) is 13.8 Å². The summed E-state index contributed by atoms with van der Waals surface area (Å²) in [7, 11) is 0. The van der Waals surface area contributed by atoms with E-state index in [0.29, 0.717) is 0 Å². The maximum atomic E-state index is 9.10. The predicted octanol–water partition coefficient (Wildman–Crippen LogP) is 0.318. The molecule has 0 radical (unpaired) electrons. The zero-order valence-electron chi connectivity index (χ0n) is 14.5. The fourth-order valence-corrected chi connectivity index (χ4v) is 2.71. The Bertz CT molecular complexity index is 617. The molecule has 1 aliphatic heterocycles. The van der Waals surface area contributed by atoms with Crippen LogP contribution in [0.1, 0.15) is 31.5 Å². The van der Waals surface area contributed by atoms with Gasteiger partial charge in [0.05, 0.1) is 11.8 Å². The highest BCUT2D eigenvalue weighted by Gasteiger charge is 2.23. The van der Waals surface area contributed by atoms with E-state index >= 15 is 0 Å². The number of anilines is 1. The molecule has 0 spiro atoms. The second kappa shape index (κ2) is 8.61. The first-order valence-corrected chi connectivity index (χ1v) is 8.36. The minimum absolute atomic E-state index is 0.162. The Kier molecular flexibility index (Phi) is 6.51. The summed E-state index contributed by atoms with van der Waals surface area (Å²) in [4.78, 5) is 29.9. The number of ether oxygens (including phenoxy) is 1. The maximum Gasteiger partial charge on any atom is 0.414 e. The lowest BCUT2D eigenvalue weighted by atomic mass is 10.2. The number of carboxylic acids is 2. The van der Waals surface area contributed by atoms with Gasteiger partial charge in [-0.25, -0.2) is 14.6 Å². The third-order valence-electron chi connectivity index (χ3n) is 3.81. The highest BCUT2D eigenvalue weighted by atomic mass is 16.5. The summed E-state index contributed by atoms with van der Waals surface area (Å²) in [5, 5.41) is 18.1. The average molecular weight is 352 g/mol. The van der Waals surface area contributed by atoms with Crippen molar-refractivity contribution in [1.29, 1.82) is 0 Å². The number of fused-ring (bicyclic) bond motifs is 1. The molecule has 1 aliphatic carbocycles. The molecule has 9 nitrogen and oxygen atoms in total. The summed E-state index contributed by atoms with van der Waals surface area (Å²) < 4.78 is 5.90. The van der Waals surface area contributed by atoms with Crippen LogP contribution in [0.2, 0.25) is 0 Å². The molecular formula is C16H24N4O5. The Balaban J connectivity index is 0.000000326. The third-order valence-corrected chi connectivity index (χ3v) is 3.81. The van der Waals surface area contributed by atoms with Crippen molar-refractivity contribution in [2.24, 2.45) is 0 Å². The number of hydrogen-bond donors (Lipinski definition) is 3. The topological polar surface area (TPSA) is 125 Å². The van der Waals surface area contributed by atoms with Crippen LogP contribution in [-0.2, 0) is 22.4 Å². The molecular weight excluding hydrogens is 328 g/mol. The summed E-state index contributed by atoms with van der Waals surface area (Å²) in [6.45, 7) is 8.04. The highest BCUT2D eigenvalue weighted by molar-refractivity contribution is 6.27. The predicted molar refractivity (Wildman–Crippen MR) is 90.2 cm³/mol. The van der Waals surface area contributed by atoms with E-state index in [0.717, 1.165) is 50.8 Å². The van der Waals surface area contributed by atoms with Gasteiger partial charge in [-0.15, -0.1) is 0 Å². The van der Waals surface area contributed by atoms with Crippen molar-refractivity contribution in [2.75, 3.05) is 31.1 Å². The van der Waals surface area contributed by atoms with Crippen molar-refractivity contribution >= 4 is 17.9 Å². The van der Waals surface area contributed by atoms with E-state index in [4.69, 9.17) is 29.5 Å². The van der Waals surface area contributed by atoms with E-state index in [-0.39, 0.29) is 6.10 Å². The standard InChI is InChI=1S/C14H22N4O.C2H2O4/c1-10(2)19-13-11-4-3-5-12(11)16-14(17-13)18-8-6-15-7-9-18;3-1(4)2(5)6/h10,15H,3-9H2,1-2H3;(H,3,4)(H,5,6). The first-order chi connectivity index (χ1) is 11.9.